The summed E-state index contributed by atoms with van der Waals surface area (Å²) in [6.07, 6.45) is -0.805. The zero-order valence-corrected chi connectivity index (χ0v) is 20.3. The summed E-state index contributed by atoms with van der Waals surface area (Å²) in [5, 5.41) is 16.8. The van der Waals surface area contributed by atoms with E-state index in [9.17, 15) is 5.11 Å². The van der Waals surface area contributed by atoms with Gasteiger partial charge in [0.15, 0.2) is 5.96 Å². The fourth-order valence-corrected chi connectivity index (χ4v) is 2.66. The molecule has 166 valence electrons. The monoisotopic (exact) mass is 529 g/mol. The Balaban J connectivity index is 0.00000450. The van der Waals surface area contributed by atoms with E-state index in [-0.39, 0.29) is 36.6 Å². The van der Waals surface area contributed by atoms with Crippen LogP contribution < -0.4 is 24.8 Å². The Labute approximate surface area is 195 Å². The maximum atomic E-state index is 10.4. The first-order chi connectivity index (χ1) is 14.0. The lowest BCUT2D eigenvalue weighted by atomic mass is 10.1. The standard InChI is InChI=1S/C22H31N3O4.HI/c1-5-23-22(25-15-21(26)17-8-6-9-18(12-17)27-3)24-14-16(2)29-20-11-7-10-19(13-20)28-4;/h6-13,16,21,26H,5,14-15H2,1-4H3,(H2,23,24,25);1H. The minimum Gasteiger partial charge on any atom is -0.497 e. The van der Waals surface area contributed by atoms with E-state index in [2.05, 4.69) is 15.6 Å². The van der Waals surface area contributed by atoms with Crippen LogP contribution in [-0.4, -0.2) is 51.0 Å². The lowest BCUT2D eigenvalue weighted by molar-refractivity contribution is 0.186. The molecular formula is C22H32IN3O4. The molecule has 0 radical (unpaired) electrons. The number of methoxy groups -OCH3 is 2. The number of nitrogens with zero attached hydrogens (tertiary/aromatic N) is 1. The zero-order valence-electron chi connectivity index (χ0n) is 17.9. The molecule has 0 aliphatic heterocycles. The number of halogens is 1. The second-order valence-electron chi connectivity index (χ2n) is 6.50. The van der Waals surface area contributed by atoms with E-state index in [0.29, 0.717) is 24.8 Å². The molecule has 2 atom stereocenters. The largest absolute Gasteiger partial charge is 0.497 e. The summed E-state index contributed by atoms with van der Waals surface area (Å²) < 4.78 is 16.3. The van der Waals surface area contributed by atoms with E-state index in [0.717, 1.165) is 17.1 Å². The molecule has 30 heavy (non-hydrogen) atoms. The normalized spacial score (nSPS) is 12.9. The summed E-state index contributed by atoms with van der Waals surface area (Å²) in [7, 11) is 3.23. The molecule has 0 aliphatic rings. The predicted molar refractivity (Wildman–Crippen MR) is 130 cm³/mol. The molecule has 2 rings (SSSR count). The summed E-state index contributed by atoms with van der Waals surface area (Å²) in [5.41, 5.74) is 0.763. The van der Waals surface area contributed by atoms with E-state index >= 15 is 0 Å². The van der Waals surface area contributed by atoms with Gasteiger partial charge < -0.3 is 30.0 Å². The molecule has 0 fully saturated rings. The number of nitrogens with one attached hydrogen (secondary N) is 2. The van der Waals surface area contributed by atoms with Gasteiger partial charge in [0.05, 0.1) is 33.4 Å². The van der Waals surface area contributed by atoms with E-state index in [1.54, 1.807) is 14.2 Å². The van der Waals surface area contributed by atoms with Gasteiger partial charge >= 0.3 is 0 Å². The summed E-state index contributed by atoms with van der Waals surface area (Å²) in [5.74, 6) is 2.83. The Kier molecular flexibility index (Phi) is 12.0. The topological polar surface area (TPSA) is 84.3 Å². The average Bonchev–Trinajstić information content (AvgIpc) is 2.75. The predicted octanol–water partition coefficient (Wildman–Crippen LogP) is 3.38. The molecular weight excluding hydrogens is 497 g/mol. The molecule has 0 saturated carbocycles. The highest BCUT2D eigenvalue weighted by Gasteiger charge is 2.10. The Morgan fingerprint density at radius 1 is 1.00 bits per heavy atom. The maximum Gasteiger partial charge on any atom is 0.191 e. The van der Waals surface area contributed by atoms with E-state index in [1.807, 2.05) is 62.4 Å². The first-order valence-electron chi connectivity index (χ1n) is 9.70. The number of hydrogen-bond acceptors (Lipinski definition) is 5. The third-order valence-corrected chi connectivity index (χ3v) is 4.18. The van der Waals surface area contributed by atoms with Gasteiger partial charge in [0.1, 0.15) is 23.4 Å². The average molecular weight is 529 g/mol. The first kappa shape index (κ1) is 25.8. The van der Waals surface area contributed by atoms with Crippen LogP contribution in [0.3, 0.4) is 0 Å². The van der Waals surface area contributed by atoms with Crippen molar-refractivity contribution in [1.82, 2.24) is 10.6 Å². The van der Waals surface area contributed by atoms with Crippen LogP contribution in [0.5, 0.6) is 17.2 Å². The highest BCUT2D eigenvalue weighted by atomic mass is 127. The minimum atomic E-state index is -0.717. The van der Waals surface area contributed by atoms with Gasteiger partial charge in [-0.25, -0.2) is 0 Å². The fourth-order valence-electron chi connectivity index (χ4n) is 2.66. The van der Waals surface area contributed by atoms with Crippen molar-refractivity contribution in [3.63, 3.8) is 0 Å². The Morgan fingerprint density at radius 3 is 2.30 bits per heavy atom. The number of guanidine groups is 1. The molecule has 2 aromatic rings. The third kappa shape index (κ3) is 8.66. The minimum absolute atomic E-state index is 0. The van der Waals surface area contributed by atoms with Crippen LogP contribution in [0.4, 0.5) is 0 Å². The lowest BCUT2D eigenvalue weighted by Gasteiger charge is -2.18. The summed E-state index contributed by atoms with van der Waals surface area (Å²) >= 11 is 0. The number of benzene rings is 2. The van der Waals surface area contributed by atoms with Crippen molar-refractivity contribution in [2.24, 2.45) is 4.99 Å². The molecule has 3 N–H and O–H groups in total. The molecule has 0 heterocycles. The second kappa shape index (κ2) is 13.9. The highest BCUT2D eigenvalue weighted by Crippen LogP contribution is 2.20. The van der Waals surface area contributed by atoms with Crippen molar-refractivity contribution < 1.29 is 19.3 Å². The third-order valence-electron chi connectivity index (χ3n) is 4.18. The molecule has 0 aliphatic carbocycles. The van der Waals surface area contributed by atoms with Crippen molar-refractivity contribution in [2.75, 3.05) is 33.9 Å². The molecule has 0 aromatic heterocycles. The summed E-state index contributed by atoms with van der Waals surface area (Å²) in [6.45, 7) is 5.46. The SMILES string of the molecule is CCNC(=NCC(O)c1cccc(OC)c1)NCC(C)Oc1cccc(OC)c1.I. The van der Waals surface area contributed by atoms with Gasteiger partial charge in [-0.2, -0.15) is 0 Å². The van der Waals surface area contributed by atoms with Crippen molar-refractivity contribution in [1.29, 1.82) is 0 Å². The van der Waals surface area contributed by atoms with E-state index in [4.69, 9.17) is 14.2 Å². The molecule has 8 heteroatoms. The van der Waals surface area contributed by atoms with E-state index in [1.165, 1.54) is 0 Å². The highest BCUT2D eigenvalue weighted by molar-refractivity contribution is 14.0. The first-order valence-corrected chi connectivity index (χ1v) is 9.70. The molecule has 0 amide bonds. The number of aliphatic hydroxyl groups excluding tert-OH is 1. The van der Waals surface area contributed by atoms with Crippen molar-refractivity contribution in [3.8, 4) is 17.2 Å². The molecule has 0 spiro atoms. The van der Waals surface area contributed by atoms with Crippen LogP contribution in [0.25, 0.3) is 0 Å². The van der Waals surface area contributed by atoms with Crippen molar-refractivity contribution >= 4 is 29.9 Å². The summed E-state index contributed by atoms with van der Waals surface area (Å²) in [6, 6.07) is 14.9. The molecule has 2 aromatic carbocycles. The van der Waals surface area contributed by atoms with Crippen LogP contribution >= 0.6 is 24.0 Å². The Morgan fingerprint density at radius 2 is 1.63 bits per heavy atom. The quantitative estimate of drug-likeness (QED) is 0.249. The molecule has 0 bridgehead atoms. The Hall–Kier alpha value is -2.20. The van der Waals surface area contributed by atoms with Crippen molar-refractivity contribution in [2.45, 2.75) is 26.1 Å². The van der Waals surface area contributed by atoms with Crippen LogP contribution in [0.1, 0.15) is 25.5 Å². The molecule has 7 nitrogen and oxygen atoms in total. The number of rotatable bonds is 10. The van der Waals surface area contributed by atoms with Gasteiger partial charge in [-0.15, -0.1) is 24.0 Å². The van der Waals surface area contributed by atoms with Gasteiger partial charge in [0.25, 0.3) is 0 Å². The van der Waals surface area contributed by atoms with Gasteiger partial charge in [0, 0.05) is 12.6 Å². The van der Waals surface area contributed by atoms with Crippen molar-refractivity contribution in [3.05, 3.63) is 54.1 Å². The Bertz CT molecular complexity index is 788. The molecule has 0 saturated heterocycles. The number of hydrogen-bond donors (Lipinski definition) is 3. The van der Waals surface area contributed by atoms with Gasteiger partial charge in [-0.05, 0) is 43.7 Å². The van der Waals surface area contributed by atoms with Crippen LogP contribution in [0.2, 0.25) is 0 Å². The fraction of sp³-hybridized carbons (Fsp3) is 0.409. The smallest absolute Gasteiger partial charge is 0.191 e. The van der Waals surface area contributed by atoms with Gasteiger partial charge in [0.2, 0.25) is 0 Å². The second-order valence-corrected chi connectivity index (χ2v) is 6.50. The van der Waals surface area contributed by atoms with Gasteiger partial charge in [-0.1, -0.05) is 18.2 Å². The zero-order chi connectivity index (χ0) is 21.1. The van der Waals surface area contributed by atoms with Gasteiger partial charge in [-0.3, -0.25) is 4.99 Å². The van der Waals surface area contributed by atoms with E-state index < -0.39 is 6.10 Å². The number of ether oxygens (including phenoxy) is 3. The maximum absolute atomic E-state index is 10.4. The van der Waals surface area contributed by atoms with Crippen LogP contribution in [-0.2, 0) is 0 Å². The van der Waals surface area contributed by atoms with Crippen LogP contribution in [0.15, 0.2) is 53.5 Å². The van der Waals surface area contributed by atoms with Crippen LogP contribution in [0, 0.1) is 0 Å². The summed E-state index contributed by atoms with van der Waals surface area (Å²) in [4.78, 5) is 4.48. The lowest BCUT2D eigenvalue weighted by Crippen LogP contribution is -2.42. The number of aliphatic imine (C=N–C) groups is 1. The molecule has 2 unspecified atom stereocenters. The number of aliphatic hydroxyl groups is 1.